The molecular weight excluding hydrogens is 393 g/mol. The molecule has 2 aromatic rings. The number of nitrogens with one attached hydrogen (secondary N) is 1. The van der Waals surface area contributed by atoms with Crippen molar-refractivity contribution in [2.45, 2.75) is 32.5 Å². The number of aromatic nitrogens is 1. The Balaban J connectivity index is 1.55. The first kappa shape index (κ1) is 19.6. The molecule has 3 rings (SSSR count). The zero-order chi connectivity index (χ0) is 18.7. The number of hydrogen-bond acceptors (Lipinski definition) is 5. The van der Waals surface area contributed by atoms with Gasteiger partial charge in [0.05, 0.1) is 18.8 Å². The van der Waals surface area contributed by atoms with E-state index in [4.69, 9.17) is 27.9 Å². The third-order valence-electron chi connectivity index (χ3n) is 3.96. The smallest absolute Gasteiger partial charge is 0.240 e. The number of anilines is 1. The van der Waals surface area contributed by atoms with Crippen LogP contribution >= 0.6 is 34.5 Å². The summed E-state index contributed by atoms with van der Waals surface area (Å²) in [5, 5.41) is 4.71. The van der Waals surface area contributed by atoms with Crippen molar-refractivity contribution in [3.63, 3.8) is 0 Å². The Labute approximate surface area is 167 Å². The average molecular weight is 414 g/mol. The molecule has 1 fully saturated rings. The summed E-state index contributed by atoms with van der Waals surface area (Å²) in [5.74, 6) is -0.0574. The maximum absolute atomic E-state index is 12.3. The standard InChI is InChI=1S/C18H21Cl2N3O2S/c1-11-8-23(9-12(2)25-11)10-17(24)22-18-21-7-16(26-18)5-13-3-14(19)6-15(20)4-13/h3-4,6-7,11-12H,5,8-10H2,1-2H3,(H,21,22,24)/t11-,12+. The molecule has 1 aromatic carbocycles. The Bertz CT molecular complexity index is 753. The first-order chi connectivity index (χ1) is 12.4. The molecule has 0 spiro atoms. The van der Waals surface area contributed by atoms with Crippen LogP contribution in [0, 0.1) is 0 Å². The third kappa shape index (κ3) is 5.66. The van der Waals surface area contributed by atoms with E-state index in [9.17, 15) is 4.79 Å². The molecule has 0 saturated carbocycles. The SMILES string of the molecule is C[C@@H]1CN(CC(=O)Nc2ncc(Cc3cc(Cl)cc(Cl)c3)s2)C[C@H](C)O1. The maximum Gasteiger partial charge on any atom is 0.240 e. The molecule has 26 heavy (non-hydrogen) atoms. The first-order valence-electron chi connectivity index (χ1n) is 8.44. The Morgan fingerprint density at radius 3 is 2.58 bits per heavy atom. The van der Waals surface area contributed by atoms with E-state index in [0.29, 0.717) is 28.1 Å². The predicted molar refractivity (Wildman–Crippen MR) is 106 cm³/mol. The molecule has 0 aliphatic carbocycles. The van der Waals surface area contributed by atoms with Gasteiger partial charge in [-0.2, -0.15) is 0 Å². The van der Waals surface area contributed by atoms with Crippen LogP contribution in [-0.2, 0) is 16.0 Å². The zero-order valence-electron chi connectivity index (χ0n) is 14.7. The van der Waals surface area contributed by atoms with Crippen LogP contribution in [0.15, 0.2) is 24.4 Å². The fourth-order valence-corrected chi connectivity index (χ4v) is 4.57. The Kier molecular flexibility index (Phi) is 6.53. The monoisotopic (exact) mass is 413 g/mol. The normalized spacial score (nSPS) is 20.9. The van der Waals surface area contributed by atoms with Crippen molar-refractivity contribution in [3.05, 3.63) is 44.9 Å². The van der Waals surface area contributed by atoms with Crippen LogP contribution in [0.4, 0.5) is 5.13 Å². The number of benzene rings is 1. The molecule has 5 nitrogen and oxygen atoms in total. The maximum atomic E-state index is 12.3. The lowest BCUT2D eigenvalue weighted by Gasteiger charge is -2.34. The molecule has 140 valence electrons. The fraction of sp³-hybridized carbons (Fsp3) is 0.444. The molecule has 2 atom stereocenters. The summed E-state index contributed by atoms with van der Waals surface area (Å²) in [6, 6.07) is 5.47. The topological polar surface area (TPSA) is 54.5 Å². The molecule has 1 N–H and O–H groups in total. The van der Waals surface area contributed by atoms with E-state index in [-0.39, 0.29) is 18.1 Å². The molecule has 1 aromatic heterocycles. The quantitative estimate of drug-likeness (QED) is 0.801. The second-order valence-corrected chi connectivity index (χ2v) is 8.57. The number of amides is 1. The highest BCUT2D eigenvalue weighted by atomic mass is 35.5. The van der Waals surface area contributed by atoms with Gasteiger partial charge in [-0.25, -0.2) is 4.98 Å². The second-order valence-electron chi connectivity index (χ2n) is 6.59. The first-order valence-corrected chi connectivity index (χ1v) is 10.0. The minimum Gasteiger partial charge on any atom is -0.373 e. The van der Waals surface area contributed by atoms with Gasteiger partial charge in [-0.3, -0.25) is 9.69 Å². The van der Waals surface area contributed by atoms with Crippen LogP contribution in [-0.4, -0.2) is 47.6 Å². The lowest BCUT2D eigenvalue weighted by Crippen LogP contribution is -2.48. The van der Waals surface area contributed by atoms with Gasteiger partial charge >= 0.3 is 0 Å². The fourth-order valence-electron chi connectivity index (χ4n) is 3.14. The second kappa shape index (κ2) is 8.67. The lowest BCUT2D eigenvalue weighted by molar-refractivity contribution is -0.121. The van der Waals surface area contributed by atoms with E-state index in [0.717, 1.165) is 23.5 Å². The van der Waals surface area contributed by atoms with E-state index in [2.05, 4.69) is 15.2 Å². The number of carbonyl (C=O) groups is 1. The van der Waals surface area contributed by atoms with Crippen molar-refractivity contribution in [1.82, 2.24) is 9.88 Å². The van der Waals surface area contributed by atoms with Crippen LogP contribution in [0.5, 0.6) is 0 Å². The van der Waals surface area contributed by atoms with Crippen molar-refractivity contribution >= 4 is 45.6 Å². The van der Waals surface area contributed by atoms with E-state index in [1.54, 1.807) is 12.3 Å². The highest BCUT2D eigenvalue weighted by Crippen LogP contribution is 2.25. The Morgan fingerprint density at radius 2 is 1.92 bits per heavy atom. The van der Waals surface area contributed by atoms with Crippen molar-refractivity contribution in [1.29, 1.82) is 0 Å². The van der Waals surface area contributed by atoms with Crippen molar-refractivity contribution in [3.8, 4) is 0 Å². The molecule has 1 saturated heterocycles. The van der Waals surface area contributed by atoms with Crippen molar-refractivity contribution < 1.29 is 9.53 Å². The largest absolute Gasteiger partial charge is 0.373 e. The molecular formula is C18H21Cl2N3O2S. The van der Waals surface area contributed by atoms with Crippen LogP contribution in [0.1, 0.15) is 24.3 Å². The number of ether oxygens (including phenoxy) is 1. The van der Waals surface area contributed by atoms with Crippen LogP contribution in [0.2, 0.25) is 10.0 Å². The number of halogens is 2. The number of thiazole rings is 1. The van der Waals surface area contributed by atoms with Gasteiger partial charge < -0.3 is 10.1 Å². The lowest BCUT2D eigenvalue weighted by atomic mass is 10.1. The number of nitrogens with zero attached hydrogens (tertiary/aromatic N) is 2. The van der Waals surface area contributed by atoms with Gasteiger partial charge in [-0.05, 0) is 37.6 Å². The summed E-state index contributed by atoms with van der Waals surface area (Å²) in [7, 11) is 0. The van der Waals surface area contributed by atoms with Gasteiger partial charge in [0.1, 0.15) is 0 Å². The van der Waals surface area contributed by atoms with Crippen LogP contribution < -0.4 is 5.32 Å². The van der Waals surface area contributed by atoms with E-state index in [1.165, 1.54) is 11.3 Å². The number of hydrogen-bond donors (Lipinski definition) is 1. The number of rotatable bonds is 5. The molecule has 0 unspecified atom stereocenters. The minimum absolute atomic E-state index is 0.0574. The minimum atomic E-state index is -0.0574. The Hall–Kier alpha value is -1.18. The molecule has 1 amide bonds. The van der Waals surface area contributed by atoms with Gasteiger partial charge in [0.2, 0.25) is 5.91 Å². The van der Waals surface area contributed by atoms with Crippen molar-refractivity contribution in [2.24, 2.45) is 0 Å². The molecule has 1 aliphatic rings. The molecule has 8 heteroatoms. The summed E-state index contributed by atoms with van der Waals surface area (Å²) in [6.45, 7) is 5.91. The molecule has 0 bridgehead atoms. The van der Waals surface area contributed by atoms with Gasteiger partial charge in [-0.1, -0.05) is 23.2 Å². The van der Waals surface area contributed by atoms with E-state index in [1.807, 2.05) is 26.0 Å². The van der Waals surface area contributed by atoms with E-state index >= 15 is 0 Å². The molecule has 0 radical (unpaired) electrons. The van der Waals surface area contributed by atoms with Gasteiger partial charge in [0, 0.05) is 40.6 Å². The summed E-state index contributed by atoms with van der Waals surface area (Å²) in [4.78, 5) is 19.7. The summed E-state index contributed by atoms with van der Waals surface area (Å²) >= 11 is 13.5. The number of carbonyl (C=O) groups excluding carboxylic acids is 1. The van der Waals surface area contributed by atoms with Gasteiger partial charge in [0.25, 0.3) is 0 Å². The van der Waals surface area contributed by atoms with E-state index < -0.39 is 0 Å². The number of morpholine rings is 1. The summed E-state index contributed by atoms with van der Waals surface area (Å²) < 4.78 is 5.69. The molecule has 1 aliphatic heterocycles. The Morgan fingerprint density at radius 1 is 1.27 bits per heavy atom. The van der Waals surface area contributed by atoms with Gasteiger partial charge in [-0.15, -0.1) is 11.3 Å². The van der Waals surface area contributed by atoms with Crippen LogP contribution in [0.3, 0.4) is 0 Å². The zero-order valence-corrected chi connectivity index (χ0v) is 17.0. The summed E-state index contributed by atoms with van der Waals surface area (Å²) in [6.07, 6.45) is 2.73. The van der Waals surface area contributed by atoms with Gasteiger partial charge in [0.15, 0.2) is 5.13 Å². The van der Waals surface area contributed by atoms with Crippen LogP contribution in [0.25, 0.3) is 0 Å². The molecule has 2 heterocycles. The predicted octanol–water partition coefficient (Wildman–Crippen LogP) is 4.09. The van der Waals surface area contributed by atoms with Crippen molar-refractivity contribution in [2.75, 3.05) is 25.0 Å². The average Bonchev–Trinajstić information content (AvgIpc) is 2.91. The highest BCUT2D eigenvalue weighted by Gasteiger charge is 2.23. The summed E-state index contributed by atoms with van der Waals surface area (Å²) in [5.41, 5.74) is 1.01. The highest BCUT2D eigenvalue weighted by molar-refractivity contribution is 7.15. The third-order valence-corrected chi connectivity index (χ3v) is 5.31.